The third kappa shape index (κ3) is 4.50. The van der Waals surface area contributed by atoms with Gasteiger partial charge in [-0.05, 0) is 67.4 Å². The van der Waals surface area contributed by atoms with Gasteiger partial charge >= 0.3 is 23.9 Å². The summed E-state index contributed by atoms with van der Waals surface area (Å²) < 4.78 is 11.5. The van der Waals surface area contributed by atoms with E-state index in [1.807, 2.05) is 97.1 Å². The summed E-state index contributed by atoms with van der Waals surface area (Å²) in [6, 6.07) is 43.3. The highest BCUT2D eigenvalue weighted by Gasteiger charge is 2.31. The van der Waals surface area contributed by atoms with Crippen LogP contribution in [0.3, 0.4) is 0 Å². The molecule has 1 heterocycles. The number of hydrogen-bond acceptors (Lipinski definition) is 6. The third-order valence-corrected chi connectivity index (χ3v) is 9.47. The fraction of sp³-hybridized carbons (Fsp3) is 0. The molecule has 0 aromatic heterocycles. The number of carbonyl (C=O) groups is 4. The van der Waals surface area contributed by atoms with Gasteiger partial charge < -0.3 is 9.47 Å². The van der Waals surface area contributed by atoms with Gasteiger partial charge in [0, 0.05) is 22.3 Å². The lowest BCUT2D eigenvalue weighted by Gasteiger charge is -2.20. The predicted octanol–water partition coefficient (Wildman–Crippen LogP) is 9.94. The molecule has 1 aliphatic rings. The van der Waals surface area contributed by atoms with E-state index in [2.05, 4.69) is 0 Å². The van der Waals surface area contributed by atoms with E-state index in [0.717, 1.165) is 21.5 Å². The zero-order chi connectivity index (χ0) is 33.9. The normalized spacial score (nSPS) is 13.3. The van der Waals surface area contributed by atoms with Gasteiger partial charge in [-0.2, -0.15) is 0 Å². The van der Waals surface area contributed by atoms with E-state index >= 15 is 0 Å². The topological polar surface area (TPSA) is 86.7 Å². The van der Waals surface area contributed by atoms with Crippen molar-refractivity contribution in [1.29, 1.82) is 0 Å². The molecule has 0 N–H and O–H groups in total. The maximum absolute atomic E-state index is 14.3. The molecule has 0 fully saturated rings. The van der Waals surface area contributed by atoms with Crippen LogP contribution >= 0.6 is 0 Å². The first kappa shape index (κ1) is 29.2. The molecule has 0 spiro atoms. The average molecular weight is 649 g/mol. The molecular weight excluding hydrogens is 624 g/mol. The number of esters is 4. The molecule has 0 radical (unpaired) electrons. The van der Waals surface area contributed by atoms with E-state index in [-0.39, 0.29) is 22.3 Å². The fourth-order valence-corrected chi connectivity index (χ4v) is 7.23. The summed E-state index contributed by atoms with van der Waals surface area (Å²) in [5, 5.41) is 5.81. The second-order valence-corrected chi connectivity index (χ2v) is 12.2. The molecule has 0 unspecified atom stereocenters. The monoisotopic (exact) mass is 648 g/mol. The summed E-state index contributed by atoms with van der Waals surface area (Å²) in [6.45, 7) is 0. The standard InChI is InChI=1S/C44H24O6/c45-41-33-21-17-25-9-1-5-13-29(25)37(33)38-30-14-6-2-10-26(30)18-22-34(38)42(46)50-44(48)36-24-20-28-12-4-8-16-32(28)40(36)39-31-15-7-3-11-27(31)19-23-35(39)43(47)49-41/h1-24H. The Bertz CT molecular complexity index is 2410. The van der Waals surface area contributed by atoms with Gasteiger partial charge in [0.15, 0.2) is 0 Å². The molecule has 0 aliphatic carbocycles. The molecule has 236 valence electrons. The molecule has 0 saturated carbocycles. The number of benzene rings is 8. The fourth-order valence-electron chi connectivity index (χ4n) is 7.23. The van der Waals surface area contributed by atoms with Gasteiger partial charge in [0.1, 0.15) is 0 Å². The van der Waals surface area contributed by atoms with Gasteiger partial charge in [0.05, 0.1) is 22.3 Å². The Morgan fingerprint density at radius 2 is 0.480 bits per heavy atom. The van der Waals surface area contributed by atoms with Crippen LogP contribution in [0.15, 0.2) is 146 Å². The van der Waals surface area contributed by atoms with E-state index < -0.39 is 23.9 Å². The summed E-state index contributed by atoms with van der Waals surface area (Å²) in [6.07, 6.45) is 0. The van der Waals surface area contributed by atoms with Crippen LogP contribution in [0.4, 0.5) is 0 Å². The second-order valence-electron chi connectivity index (χ2n) is 12.2. The van der Waals surface area contributed by atoms with Gasteiger partial charge in [-0.15, -0.1) is 0 Å². The molecule has 8 aromatic carbocycles. The molecule has 50 heavy (non-hydrogen) atoms. The van der Waals surface area contributed by atoms with E-state index in [0.29, 0.717) is 43.8 Å². The quantitative estimate of drug-likeness (QED) is 0.120. The van der Waals surface area contributed by atoms with Gasteiger partial charge in [-0.1, -0.05) is 121 Å². The van der Waals surface area contributed by atoms with Crippen molar-refractivity contribution in [2.45, 2.75) is 0 Å². The van der Waals surface area contributed by atoms with Crippen LogP contribution in [-0.2, 0) is 9.47 Å². The maximum atomic E-state index is 14.3. The first-order valence-electron chi connectivity index (χ1n) is 16.1. The first-order chi connectivity index (χ1) is 24.5. The van der Waals surface area contributed by atoms with Crippen LogP contribution in [0, 0.1) is 0 Å². The van der Waals surface area contributed by atoms with Crippen molar-refractivity contribution >= 4 is 67.0 Å². The number of fused-ring (bicyclic) bond motifs is 14. The predicted molar refractivity (Wildman–Crippen MR) is 193 cm³/mol. The lowest BCUT2D eigenvalue weighted by Crippen LogP contribution is -2.19. The van der Waals surface area contributed by atoms with Crippen LogP contribution < -0.4 is 0 Å². The summed E-state index contributed by atoms with van der Waals surface area (Å²) in [7, 11) is 0. The second kappa shape index (κ2) is 11.4. The molecule has 8 aromatic rings. The molecule has 9 rings (SSSR count). The lowest BCUT2D eigenvalue weighted by molar-refractivity contribution is 0.0378. The first-order valence-corrected chi connectivity index (χ1v) is 16.1. The van der Waals surface area contributed by atoms with E-state index in [4.69, 9.17) is 9.47 Å². The number of ether oxygens (including phenoxy) is 2. The van der Waals surface area contributed by atoms with Crippen molar-refractivity contribution in [1.82, 2.24) is 0 Å². The van der Waals surface area contributed by atoms with Gasteiger partial charge in [-0.3, -0.25) is 0 Å². The zero-order valence-electron chi connectivity index (χ0n) is 26.3. The van der Waals surface area contributed by atoms with Crippen molar-refractivity contribution in [2.75, 3.05) is 0 Å². The minimum Gasteiger partial charge on any atom is -0.386 e. The molecular formula is C44H24O6. The molecule has 1 aliphatic heterocycles. The van der Waals surface area contributed by atoms with Crippen LogP contribution in [0.25, 0.3) is 65.3 Å². The Balaban J connectivity index is 1.40. The Morgan fingerprint density at radius 3 is 0.720 bits per heavy atom. The Labute approximate surface area is 285 Å². The lowest BCUT2D eigenvalue weighted by atomic mass is 9.86. The zero-order valence-corrected chi connectivity index (χ0v) is 26.3. The summed E-state index contributed by atoms with van der Waals surface area (Å²) in [5.41, 5.74) is 1.88. The SMILES string of the molecule is O=C1OC(=O)c2ccc3ccccc3c2-c2c(ccc3ccccc23)C(=O)OC(=O)c2ccc3ccccc3c2-c2c1ccc1ccccc21. The van der Waals surface area contributed by atoms with Crippen LogP contribution in [-0.4, -0.2) is 23.9 Å². The average Bonchev–Trinajstić information content (AvgIpc) is 3.15. The highest BCUT2D eigenvalue weighted by atomic mass is 16.6. The Hall–Kier alpha value is -6.92. The van der Waals surface area contributed by atoms with E-state index in [1.54, 1.807) is 48.5 Å². The number of carbonyl (C=O) groups excluding carboxylic acids is 4. The highest BCUT2D eigenvalue weighted by Crippen LogP contribution is 2.43. The minimum absolute atomic E-state index is 0.0824. The van der Waals surface area contributed by atoms with Crippen molar-refractivity contribution in [3.63, 3.8) is 0 Å². The van der Waals surface area contributed by atoms with Gasteiger partial charge in [-0.25, -0.2) is 19.2 Å². The van der Waals surface area contributed by atoms with Crippen molar-refractivity contribution in [2.24, 2.45) is 0 Å². The van der Waals surface area contributed by atoms with Crippen molar-refractivity contribution < 1.29 is 28.7 Å². The molecule has 6 heteroatoms. The molecule has 6 nitrogen and oxygen atoms in total. The third-order valence-electron chi connectivity index (χ3n) is 9.47. The van der Waals surface area contributed by atoms with Gasteiger partial charge in [0.2, 0.25) is 0 Å². The van der Waals surface area contributed by atoms with Crippen molar-refractivity contribution in [3.05, 3.63) is 168 Å². The molecule has 0 saturated heterocycles. The number of cyclic esters (lactones) is 4. The number of rotatable bonds is 0. The van der Waals surface area contributed by atoms with Crippen LogP contribution in [0.2, 0.25) is 0 Å². The largest absolute Gasteiger partial charge is 0.386 e. The molecule has 0 atom stereocenters. The van der Waals surface area contributed by atoms with Crippen molar-refractivity contribution in [3.8, 4) is 22.3 Å². The highest BCUT2D eigenvalue weighted by molar-refractivity contribution is 6.23. The summed E-state index contributed by atoms with van der Waals surface area (Å²) in [4.78, 5) is 57.3. The van der Waals surface area contributed by atoms with Crippen LogP contribution in [0.1, 0.15) is 41.4 Å². The Morgan fingerprint density at radius 1 is 0.260 bits per heavy atom. The Kier molecular flexibility index (Phi) is 6.64. The van der Waals surface area contributed by atoms with Crippen LogP contribution in [0.5, 0.6) is 0 Å². The molecule has 0 bridgehead atoms. The maximum Gasteiger partial charge on any atom is 0.346 e. The summed E-state index contributed by atoms with van der Waals surface area (Å²) in [5.74, 6) is -3.52. The van der Waals surface area contributed by atoms with Gasteiger partial charge in [0.25, 0.3) is 0 Å². The van der Waals surface area contributed by atoms with E-state index in [9.17, 15) is 19.2 Å². The van der Waals surface area contributed by atoms with E-state index in [1.165, 1.54) is 0 Å². The molecule has 0 amide bonds. The smallest absolute Gasteiger partial charge is 0.346 e. The summed E-state index contributed by atoms with van der Waals surface area (Å²) >= 11 is 0. The minimum atomic E-state index is -0.881. The number of hydrogen-bond donors (Lipinski definition) is 0.